The molecule has 1 aromatic carbocycles. The summed E-state index contributed by atoms with van der Waals surface area (Å²) in [4.78, 5) is 0. The molecular formula is C15H23NO5S. The zero-order valence-electron chi connectivity index (χ0n) is 13.3. The van der Waals surface area contributed by atoms with E-state index in [4.69, 9.17) is 14.0 Å². The van der Waals surface area contributed by atoms with E-state index in [0.717, 1.165) is 16.9 Å². The Hall–Kier alpha value is -1.15. The highest BCUT2D eigenvalue weighted by molar-refractivity contribution is 7.83. The molecule has 124 valence electrons. The zero-order valence-corrected chi connectivity index (χ0v) is 14.1. The number of benzene rings is 1. The fourth-order valence-electron chi connectivity index (χ4n) is 2.49. The first-order valence-corrected chi connectivity index (χ1v) is 8.67. The topological polar surface area (TPSA) is 84.9 Å². The highest BCUT2D eigenvalue weighted by Gasteiger charge is 2.32. The SMILES string of the molecule is CC(C)OC(CNS(=O)(=O)O)c1ccc2c(c1)C(C)(C)CO2. The molecule has 1 heterocycles. The summed E-state index contributed by atoms with van der Waals surface area (Å²) in [7, 11) is -4.25. The van der Waals surface area contributed by atoms with Gasteiger partial charge in [-0.05, 0) is 31.5 Å². The Morgan fingerprint density at radius 1 is 1.41 bits per heavy atom. The lowest BCUT2D eigenvalue weighted by atomic mass is 9.85. The molecule has 1 unspecified atom stereocenters. The lowest BCUT2D eigenvalue weighted by Crippen LogP contribution is -2.30. The van der Waals surface area contributed by atoms with Gasteiger partial charge in [0.2, 0.25) is 0 Å². The van der Waals surface area contributed by atoms with Crippen molar-refractivity contribution in [3.8, 4) is 5.75 Å². The first-order chi connectivity index (χ1) is 10.1. The highest BCUT2D eigenvalue weighted by Crippen LogP contribution is 2.40. The second kappa shape index (κ2) is 6.16. The van der Waals surface area contributed by atoms with Gasteiger partial charge in [0.15, 0.2) is 0 Å². The summed E-state index contributed by atoms with van der Waals surface area (Å²) >= 11 is 0. The summed E-state index contributed by atoms with van der Waals surface area (Å²) in [6, 6.07) is 5.73. The van der Waals surface area contributed by atoms with Crippen LogP contribution in [0.25, 0.3) is 0 Å². The summed E-state index contributed by atoms with van der Waals surface area (Å²) in [5, 5.41) is 0. The Morgan fingerprint density at radius 2 is 2.09 bits per heavy atom. The van der Waals surface area contributed by atoms with Crippen molar-refractivity contribution in [3.05, 3.63) is 29.3 Å². The van der Waals surface area contributed by atoms with Crippen molar-refractivity contribution in [2.24, 2.45) is 0 Å². The summed E-state index contributed by atoms with van der Waals surface area (Å²) in [6.45, 7) is 8.53. The predicted octanol–water partition coefficient (Wildman–Crippen LogP) is 2.22. The van der Waals surface area contributed by atoms with Crippen molar-refractivity contribution in [1.29, 1.82) is 0 Å². The first-order valence-electron chi connectivity index (χ1n) is 7.23. The van der Waals surface area contributed by atoms with E-state index < -0.39 is 16.4 Å². The zero-order chi connectivity index (χ0) is 16.5. The molecule has 0 bridgehead atoms. The molecule has 7 heteroatoms. The van der Waals surface area contributed by atoms with E-state index in [1.54, 1.807) is 0 Å². The molecule has 1 aromatic rings. The molecule has 0 aliphatic carbocycles. The summed E-state index contributed by atoms with van der Waals surface area (Å²) in [6.07, 6.45) is -0.561. The summed E-state index contributed by atoms with van der Waals surface area (Å²) in [5.74, 6) is 0.847. The third-order valence-corrected chi connectivity index (χ3v) is 4.11. The molecule has 1 aliphatic rings. The standard InChI is InChI=1S/C15H23NO5S/c1-10(2)21-14(8-16-22(17,18)19)11-5-6-13-12(7-11)15(3,4)9-20-13/h5-7,10,14,16H,8-9H2,1-4H3,(H,17,18,19). The Balaban J connectivity index is 2.28. The average molecular weight is 329 g/mol. The van der Waals surface area contributed by atoms with Crippen LogP contribution in [0, 0.1) is 0 Å². The smallest absolute Gasteiger partial charge is 0.333 e. The van der Waals surface area contributed by atoms with Crippen molar-refractivity contribution < 1.29 is 22.4 Å². The molecule has 1 aliphatic heterocycles. The van der Waals surface area contributed by atoms with E-state index in [2.05, 4.69) is 18.6 Å². The lowest BCUT2D eigenvalue weighted by molar-refractivity contribution is 0.00960. The molecule has 0 fully saturated rings. The van der Waals surface area contributed by atoms with Crippen LogP contribution in [-0.2, 0) is 20.5 Å². The number of fused-ring (bicyclic) bond motifs is 1. The third-order valence-electron chi connectivity index (χ3n) is 3.58. The van der Waals surface area contributed by atoms with E-state index in [1.807, 2.05) is 32.0 Å². The lowest BCUT2D eigenvalue weighted by Gasteiger charge is -2.22. The van der Waals surface area contributed by atoms with E-state index >= 15 is 0 Å². The Labute approximate surface area is 131 Å². The van der Waals surface area contributed by atoms with Crippen molar-refractivity contribution in [2.75, 3.05) is 13.2 Å². The van der Waals surface area contributed by atoms with Gasteiger partial charge in [-0.3, -0.25) is 4.55 Å². The van der Waals surface area contributed by atoms with Gasteiger partial charge in [0.25, 0.3) is 0 Å². The summed E-state index contributed by atoms with van der Waals surface area (Å²) in [5.41, 5.74) is 1.83. The van der Waals surface area contributed by atoms with Crippen LogP contribution in [0.5, 0.6) is 5.75 Å². The normalized spacial score (nSPS) is 18.1. The number of rotatable bonds is 6. The van der Waals surface area contributed by atoms with Gasteiger partial charge in [-0.15, -0.1) is 0 Å². The van der Waals surface area contributed by atoms with Crippen LogP contribution in [0.2, 0.25) is 0 Å². The number of hydrogen-bond donors (Lipinski definition) is 2. The molecular weight excluding hydrogens is 306 g/mol. The van der Waals surface area contributed by atoms with Crippen molar-refractivity contribution in [1.82, 2.24) is 4.72 Å². The fourth-order valence-corrected chi connectivity index (χ4v) is 2.85. The Morgan fingerprint density at radius 3 is 2.68 bits per heavy atom. The maximum absolute atomic E-state index is 10.9. The fraction of sp³-hybridized carbons (Fsp3) is 0.600. The van der Waals surface area contributed by atoms with E-state index in [0.29, 0.717) is 6.61 Å². The van der Waals surface area contributed by atoms with Gasteiger partial charge in [0.05, 0.1) is 18.8 Å². The van der Waals surface area contributed by atoms with E-state index in [-0.39, 0.29) is 18.1 Å². The molecule has 0 saturated heterocycles. The Bertz CT molecular complexity index is 639. The van der Waals surface area contributed by atoms with Crippen LogP contribution in [-0.4, -0.2) is 32.2 Å². The molecule has 6 nitrogen and oxygen atoms in total. The molecule has 0 aromatic heterocycles. The van der Waals surface area contributed by atoms with Crippen molar-refractivity contribution in [2.45, 2.75) is 45.3 Å². The Kier molecular flexibility index (Phi) is 4.81. The maximum atomic E-state index is 10.9. The first kappa shape index (κ1) is 17.2. The maximum Gasteiger partial charge on any atom is 0.333 e. The van der Waals surface area contributed by atoms with Gasteiger partial charge >= 0.3 is 10.3 Å². The molecule has 0 spiro atoms. The number of ether oxygens (including phenoxy) is 2. The number of hydrogen-bond acceptors (Lipinski definition) is 4. The third kappa shape index (κ3) is 4.19. The molecule has 0 amide bonds. The van der Waals surface area contributed by atoms with Gasteiger partial charge in [-0.25, -0.2) is 0 Å². The molecule has 2 rings (SSSR count). The molecule has 2 N–H and O–H groups in total. The van der Waals surface area contributed by atoms with Crippen LogP contribution in [0.15, 0.2) is 18.2 Å². The minimum atomic E-state index is -4.25. The van der Waals surface area contributed by atoms with Crippen LogP contribution >= 0.6 is 0 Å². The van der Waals surface area contributed by atoms with Crippen LogP contribution in [0.4, 0.5) is 0 Å². The minimum Gasteiger partial charge on any atom is -0.492 e. The highest BCUT2D eigenvalue weighted by atomic mass is 32.2. The molecule has 0 saturated carbocycles. The van der Waals surface area contributed by atoms with Crippen molar-refractivity contribution >= 4 is 10.3 Å². The van der Waals surface area contributed by atoms with Crippen LogP contribution in [0.1, 0.15) is 44.9 Å². The molecule has 22 heavy (non-hydrogen) atoms. The second-order valence-electron chi connectivity index (χ2n) is 6.43. The van der Waals surface area contributed by atoms with E-state index in [9.17, 15) is 8.42 Å². The van der Waals surface area contributed by atoms with Gasteiger partial charge in [-0.2, -0.15) is 13.1 Å². The van der Waals surface area contributed by atoms with Gasteiger partial charge in [0.1, 0.15) is 5.75 Å². The molecule has 1 atom stereocenters. The van der Waals surface area contributed by atoms with Crippen LogP contribution < -0.4 is 9.46 Å². The van der Waals surface area contributed by atoms with Gasteiger partial charge in [0, 0.05) is 17.5 Å². The number of nitrogens with one attached hydrogen (secondary N) is 1. The van der Waals surface area contributed by atoms with Gasteiger partial charge in [-0.1, -0.05) is 19.9 Å². The average Bonchev–Trinajstić information content (AvgIpc) is 2.69. The second-order valence-corrected chi connectivity index (χ2v) is 7.66. The van der Waals surface area contributed by atoms with Crippen molar-refractivity contribution in [3.63, 3.8) is 0 Å². The largest absolute Gasteiger partial charge is 0.492 e. The molecule has 0 radical (unpaired) electrons. The minimum absolute atomic E-state index is 0.0307. The quantitative estimate of drug-likeness (QED) is 0.782. The predicted molar refractivity (Wildman–Crippen MR) is 83.5 cm³/mol. The van der Waals surface area contributed by atoms with E-state index in [1.165, 1.54) is 0 Å². The monoisotopic (exact) mass is 329 g/mol. The van der Waals surface area contributed by atoms with Crippen LogP contribution in [0.3, 0.4) is 0 Å². The summed E-state index contributed by atoms with van der Waals surface area (Å²) < 4.78 is 44.2. The van der Waals surface area contributed by atoms with Gasteiger partial charge < -0.3 is 9.47 Å².